The molecule has 0 aromatic carbocycles. The monoisotopic (exact) mass is 290 g/mol. The maximum atomic E-state index is 11.5. The van der Waals surface area contributed by atoms with Gasteiger partial charge in [0.1, 0.15) is 5.82 Å². The molecule has 3 heterocycles. The normalized spacial score (nSPS) is 29.0. The van der Waals surface area contributed by atoms with Crippen LogP contribution in [-0.4, -0.2) is 53.1 Å². The molecule has 6 heteroatoms. The molecule has 3 rings (SSSR count). The number of hydrogen-bond donors (Lipinski definition) is 1. The zero-order valence-electron chi connectivity index (χ0n) is 12.6. The number of esters is 1. The third-order valence-electron chi connectivity index (χ3n) is 4.72. The highest BCUT2D eigenvalue weighted by atomic mass is 16.5. The zero-order valence-corrected chi connectivity index (χ0v) is 12.6. The molecule has 0 radical (unpaired) electrons. The quantitative estimate of drug-likeness (QED) is 0.855. The molecule has 0 spiro atoms. The number of ether oxygens (including phenoxy) is 1. The number of methoxy groups -OCH3 is 1. The van der Waals surface area contributed by atoms with Gasteiger partial charge >= 0.3 is 5.97 Å². The van der Waals surface area contributed by atoms with Crippen LogP contribution in [0.15, 0.2) is 12.3 Å². The van der Waals surface area contributed by atoms with Crippen molar-refractivity contribution in [2.24, 2.45) is 0 Å². The third kappa shape index (κ3) is 3.00. The number of fused-ring (bicyclic) bond motifs is 2. The number of rotatable bonds is 3. The Kier molecular flexibility index (Phi) is 4.05. The summed E-state index contributed by atoms with van der Waals surface area (Å²) in [5.74, 6) is 0.313. The average molecular weight is 290 g/mol. The molecular formula is C15H22N4O2. The Morgan fingerprint density at radius 2 is 2.10 bits per heavy atom. The number of piperidine rings is 2. The molecule has 1 N–H and O–H groups in total. The van der Waals surface area contributed by atoms with Crippen LogP contribution in [0, 0.1) is 0 Å². The topological polar surface area (TPSA) is 67.3 Å². The highest BCUT2D eigenvalue weighted by Crippen LogP contribution is 2.33. The van der Waals surface area contributed by atoms with Crippen LogP contribution in [0.5, 0.6) is 0 Å². The molecule has 114 valence electrons. The molecule has 1 aromatic heterocycles. The highest BCUT2D eigenvalue weighted by Gasteiger charge is 2.35. The molecule has 2 saturated heterocycles. The van der Waals surface area contributed by atoms with Crippen LogP contribution in [0.1, 0.15) is 42.7 Å². The number of hydrogen-bond acceptors (Lipinski definition) is 6. The Morgan fingerprint density at radius 1 is 1.38 bits per heavy atom. The fourth-order valence-corrected chi connectivity index (χ4v) is 3.57. The molecular weight excluding hydrogens is 268 g/mol. The minimum Gasteiger partial charge on any atom is -0.463 e. The van der Waals surface area contributed by atoms with Crippen molar-refractivity contribution < 1.29 is 9.53 Å². The van der Waals surface area contributed by atoms with E-state index in [0.717, 1.165) is 12.8 Å². The van der Waals surface area contributed by atoms with Crippen LogP contribution in [0.25, 0.3) is 0 Å². The predicted octanol–water partition coefficient (Wildman–Crippen LogP) is 1.69. The summed E-state index contributed by atoms with van der Waals surface area (Å²) in [7, 11) is 3.58. The number of aromatic nitrogens is 2. The smallest absolute Gasteiger partial charge is 0.376 e. The summed E-state index contributed by atoms with van der Waals surface area (Å²) in [5, 5.41) is 3.46. The van der Waals surface area contributed by atoms with Gasteiger partial charge < -0.3 is 15.0 Å². The summed E-state index contributed by atoms with van der Waals surface area (Å²) in [6.07, 6.45) is 7.75. The Hall–Kier alpha value is -1.69. The molecule has 2 unspecified atom stereocenters. The average Bonchev–Trinajstić information content (AvgIpc) is 2.48. The summed E-state index contributed by atoms with van der Waals surface area (Å²) in [5.41, 5.74) is 0. The summed E-state index contributed by atoms with van der Waals surface area (Å²) < 4.78 is 4.66. The van der Waals surface area contributed by atoms with Gasteiger partial charge in [0.05, 0.1) is 7.11 Å². The second-order valence-electron chi connectivity index (χ2n) is 5.97. The van der Waals surface area contributed by atoms with Crippen LogP contribution in [0.3, 0.4) is 0 Å². The number of nitrogens with zero attached hydrogens (tertiary/aromatic N) is 3. The Morgan fingerprint density at radius 3 is 2.76 bits per heavy atom. The Labute approximate surface area is 124 Å². The lowest BCUT2D eigenvalue weighted by Gasteiger charge is -2.47. The zero-order chi connectivity index (χ0) is 14.8. The van der Waals surface area contributed by atoms with E-state index in [0.29, 0.717) is 23.9 Å². The van der Waals surface area contributed by atoms with E-state index in [-0.39, 0.29) is 5.82 Å². The van der Waals surface area contributed by atoms with E-state index in [2.05, 4.69) is 32.0 Å². The van der Waals surface area contributed by atoms with Gasteiger partial charge in [-0.1, -0.05) is 6.42 Å². The first-order chi connectivity index (χ1) is 10.2. The van der Waals surface area contributed by atoms with E-state index >= 15 is 0 Å². The highest BCUT2D eigenvalue weighted by molar-refractivity contribution is 5.85. The van der Waals surface area contributed by atoms with Crippen molar-refractivity contribution in [2.45, 2.75) is 50.2 Å². The van der Waals surface area contributed by atoms with Gasteiger partial charge in [0.15, 0.2) is 0 Å². The summed E-state index contributed by atoms with van der Waals surface area (Å²) in [4.78, 5) is 22.2. The molecule has 21 heavy (non-hydrogen) atoms. The maximum absolute atomic E-state index is 11.5. The molecule has 2 atom stereocenters. The van der Waals surface area contributed by atoms with Gasteiger partial charge in [-0.3, -0.25) is 0 Å². The van der Waals surface area contributed by atoms with Crippen LogP contribution in [-0.2, 0) is 4.74 Å². The van der Waals surface area contributed by atoms with Gasteiger partial charge in [-0.15, -0.1) is 0 Å². The SMILES string of the molecule is COC(=O)c1nccc(NC2CC3CCCC(C2)N3C)n1. The van der Waals surface area contributed by atoms with E-state index in [4.69, 9.17) is 0 Å². The molecule has 1 aromatic rings. The van der Waals surface area contributed by atoms with Gasteiger partial charge in [-0.2, -0.15) is 0 Å². The number of anilines is 1. The van der Waals surface area contributed by atoms with Crippen molar-refractivity contribution in [1.82, 2.24) is 14.9 Å². The maximum Gasteiger partial charge on any atom is 0.376 e. The molecule has 6 nitrogen and oxygen atoms in total. The Bertz CT molecular complexity index is 508. The third-order valence-corrected chi connectivity index (χ3v) is 4.72. The second-order valence-corrected chi connectivity index (χ2v) is 5.97. The van der Waals surface area contributed by atoms with Crippen LogP contribution in [0.2, 0.25) is 0 Å². The predicted molar refractivity (Wildman–Crippen MR) is 79.2 cm³/mol. The van der Waals surface area contributed by atoms with E-state index in [1.807, 2.05) is 0 Å². The number of carbonyl (C=O) groups excluding carboxylic acids is 1. The first-order valence-electron chi connectivity index (χ1n) is 7.57. The van der Waals surface area contributed by atoms with Crippen molar-refractivity contribution in [3.8, 4) is 0 Å². The largest absolute Gasteiger partial charge is 0.463 e. The standard InChI is InChI=1S/C15H22N4O2/c1-19-11-4-3-5-12(19)9-10(8-11)17-13-6-7-16-14(18-13)15(20)21-2/h6-7,10-12H,3-5,8-9H2,1-2H3,(H,16,17,18). The lowest BCUT2D eigenvalue weighted by atomic mass is 9.82. The van der Waals surface area contributed by atoms with E-state index in [1.54, 1.807) is 12.3 Å². The molecule has 2 fully saturated rings. The number of nitrogens with one attached hydrogen (secondary N) is 1. The lowest BCUT2D eigenvalue weighted by Crippen LogP contribution is -2.52. The number of carbonyl (C=O) groups is 1. The first kappa shape index (κ1) is 14.3. The van der Waals surface area contributed by atoms with Crippen molar-refractivity contribution in [3.05, 3.63) is 18.1 Å². The fourth-order valence-electron chi connectivity index (χ4n) is 3.57. The van der Waals surface area contributed by atoms with E-state index in [9.17, 15) is 4.79 Å². The van der Waals surface area contributed by atoms with Crippen molar-refractivity contribution in [1.29, 1.82) is 0 Å². The second kappa shape index (κ2) is 5.97. The van der Waals surface area contributed by atoms with Gasteiger partial charge in [-0.25, -0.2) is 14.8 Å². The Balaban J connectivity index is 1.68. The van der Waals surface area contributed by atoms with Gasteiger partial charge in [0.2, 0.25) is 5.82 Å². The van der Waals surface area contributed by atoms with Gasteiger partial charge in [-0.05, 0) is 38.8 Å². The van der Waals surface area contributed by atoms with E-state index in [1.165, 1.54) is 26.4 Å². The summed E-state index contributed by atoms with van der Waals surface area (Å²) in [6.45, 7) is 0. The van der Waals surface area contributed by atoms with Gasteiger partial charge in [0, 0.05) is 24.3 Å². The van der Waals surface area contributed by atoms with Crippen molar-refractivity contribution in [3.63, 3.8) is 0 Å². The summed E-state index contributed by atoms with van der Waals surface area (Å²) in [6, 6.07) is 3.55. The molecule has 2 bridgehead atoms. The first-order valence-corrected chi connectivity index (χ1v) is 7.57. The van der Waals surface area contributed by atoms with Crippen LogP contribution >= 0.6 is 0 Å². The lowest BCUT2D eigenvalue weighted by molar-refractivity contribution is 0.0584. The minimum absolute atomic E-state index is 0.107. The molecule has 0 aliphatic carbocycles. The molecule has 0 amide bonds. The van der Waals surface area contributed by atoms with Crippen LogP contribution < -0.4 is 5.32 Å². The summed E-state index contributed by atoms with van der Waals surface area (Å²) >= 11 is 0. The van der Waals surface area contributed by atoms with Crippen molar-refractivity contribution in [2.75, 3.05) is 19.5 Å². The van der Waals surface area contributed by atoms with Gasteiger partial charge in [0.25, 0.3) is 0 Å². The van der Waals surface area contributed by atoms with Crippen LogP contribution in [0.4, 0.5) is 5.82 Å². The molecule has 2 aliphatic heterocycles. The molecule has 0 saturated carbocycles. The van der Waals surface area contributed by atoms with E-state index < -0.39 is 5.97 Å². The molecule has 2 aliphatic rings. The van der Waals surface area contributed by atoms with Crippen molar-refractivity contribution >= 4 is 11.8 Å². The minimum atomic E-state index is -0.501. The fraction of sp³-hybridized carbons (Fsp3) is 0.667.